The molecule has 2 N–H and O–H groups in total. The van der Waals surface area contributed by atoms with Gasteiger partial charge in [-0.2, -0.15) is 0 Å². The van der Waals surface area contributed by atoms with Crippen molar-refractivity contribution in [2.24, 2.45) is 0 Å². The lowest BCUT2D eigenvalue weighted by Gasteiger charge is -2.15. The Morgan fingerprint density at radius 2 is 2.00 bits per heavy atom. The van der Waals surface area contributed by atoms with Gasteiger partial charge in [0.25, 0.3) is 5.91 Å². The van der Waals surface area contributed by atoms with Crippen molar-refractivity contribution in [3.8, 4) is 5.75 Å². The van der Waals surface area contributed by atoms with Crippen molar-refractivity contribution in [2.45, 2.75) is 20.3 Å². The minimum absolute atomic E-state index is 0.251. The number of benzene rings is 2. The summed E-state index contributed by atoms with van der Waals surface area (Å²) in [4.78, 5) is 12.5. The molecule has 0 saturated heterocycles. The molecular weight excluding hydrogens is 388 g/mol. The predicted molar refractivity (Wildman–Crippen MR) is 105 cm³/mol. The van der Waals surface area contributed by atoms with Crippen LogP contribution < -0.4 is 15.4 Å². The Hall–Kier alpha value is -1.92. The molecule has 2 aromatic rings. The molecule has 0 radical (unpaired) electrons. The highest BCUT2D eigenvalue weighted by Gasteiger charge is 2.17. The van der Waals surface area contributed by atoms with Gasteiger partial charge in [0.15, 0.2) is 5.11 Å². The quantitative estimate of drug-likeness (QED) is 0.736. The summed E-state index contributed by atoms with van der Waals surface area (Å²) in [6.07, 6.45) is 0.873. The summed E-state index contributed by atoms with van der Waals surface area (Å²) in [5.74, 6) is 0.218. The number of carbonyl (C=O) groups is 1. The molecule has 0 spiro atoms. The van der Waals surface area contributed by atoms with Crippen LogP contribution in [0.3, 0.4) is 0 Å². The maximum absolute atomic E-state index is 12.5. The minimum Gasteiger partial charge on any atom is -0.496 e. The van der Waals surface area contributed by atoms with Crippen LogP contribution in [0.1, 0.15) is 28.4 Å². The first-order valence-electron chi connectivity index (χ1n) is 7.50. The number of amides is 1. The fraction of sp³-hybridized carbons (Fsp3) is 0.222. The summed E-state index contributed by atoms with van der Waals surface area (Å²) in [6.45, 7) is 3.95. The number of carbonyl (C=O) groups excluding carboxylic acids is 1. The van der Waals surface area contributed by atoms with Gasteiger partial charge in [-0.15, -0.1) is 0 Å². The molecule has 0 aliphatic heterocycles. The van der Waals surface area contributed by atoms with Crippen molar-refractivity contribution in [1.29, 1.82) is 0 Å². The second-order valence-electron chi connectivity index (χ2n) is 5.22. The molecule has 0 unspecified atom stereocenters. The molecule has 126 valence electrons. The zero-order valence-corrected chi connectivity index (χ0v) is 16.2. The van der Waals surface area contributed by atoms with E-state index in [2.05, 4.69) is 33.5 Å². The lowest BCUT2D eigenvalue weighted by Crippen LogP contribution is -2.34. The Bertz CT molecular complexity index is 778. The Labute approximate surface area is 155 Å². The van der Waals surface area contributed by atoms with E-state index < -0.39 is 0 Å². The van der Waals surface area contributed by atoms with Crippen molar-refractivity contribution in [3.63, 3.8) is 0 Å². The highest BCUT2D eigenvalue weighted by atomic mass is 79.9. The highest BCUT2D eigenvalue weighted by molar-refractivity contribution is 9.10. The maximum atomic E-state index is 12.5. The Balaban J connectivity index is 2.16. The normalized spacial score (nSPS) is 10.2. The number of thiocarbonyl (C=S) groups is 1. The van der Waals surface area contributed by atoms with E-state index in [0.29, 0.717) is 11.3 Å². The van der Waals surface area contributed by atoms with Crippen LogP contribution in [-0.4, -0.2) is 18.1 Å². The second-order valence-corrected chi connectivity index (χ2v) is 6.55. The van der Waals surface area contributed by atoms with Crippen LogP contribution in [0.15, 0.2) is 40.9 Å². The zero-order valence-electron chi connectivity index (χ0n) is 13.8. The molecule has 1 amide bonds. The molecule has 4 nitrogen and oxygen atoms in total. The van der Waals surface area contributed by atoms with Crippen LogP contribution >= 0.6 is 28.1 Å². The number of methoxy groups -OCH3 is 1. The van der Waals surface area contributed by atoms with E-state index in [0.717, 1.165) is 27.7 Å². The molecule has 0 aliphatic rings. The number of nitrogens with one attached hydrogen (secondary N) is 2. The molecular formula is C18H19BrN2O2S. The van der Waals surface area contributed by atoms with Gasteiger partial charge in [0, 0.05) is 10.2 Å². The predicted octanol–water partition coefficient (Wildman–Crippen LogP) is 4.46. The van der Waals surface area contributed by atoms with Gasteiger partial charge < -0.3 is 10.1 Å². The third-order valence-electron chi connectivity index (χ3n) is 3.56. The minimum atomic E-state index is -0.317. The van der Waals surface area contributed by atoms with E-state index in [1.165, 1.54) is 0 Å². The Morgan fingerprint density at radius 1 is 1.29 bits per heavy atom. The molecule has 0 aliphatic carbocycles. The van der Waals surface area contributed by atoms with Crippen molar-refractivity contribution >= 4 is 44.9 Å². The first-order chi connectivity index (χ1) is 11.5. The average Bonchev–Trinajstić information content (AvgIpc) is 2.54. The van der Waals surface area contributed by atoms with E-state index in [1.54, 1.807) is 13.2 Å². The summed E-state index contributed by atoms with van der Waals surface area (Å²) in [6, 6.07) is 11.5. The largest absolute Gasteiger partial charge is 0.496 e. The van der Waals surface area contributed by atoms with Gasteiger partial charge in [-0.05, 0) is 54.9 Å². The van der Waals surface area contributed by atoms with Gasteiger partial charge in [0.2, 0.25) is 0 Å². The third kappa shape index (κ3) is 4.33. The number of aryl methyl sites for hydroxylation is 2. The smallest absolute Gasteiger partial charge is 0.261 e. The second kappa shape index (κ2) is 8.26. The molecule has 0 bridgehead atoms. The van der Waals surface area contributed by atoms with Crippen LogP contribution in [0.2, 0.25) is 0 Å². The fourth-order valence-electron chi connectivity index (χ4n) is 2.44. The maximum Gasteiger partial charge on any atom is 0.261 e. The molecule has 0 saturated carbocycles. The van der Waals surface area contributed by atoms with Crippen molar-refractivity contribution in [2.75, 3.05) is 12.4 Å². The summed E-state index contributed by atoms with van der Waals surface area (Å²) >= 11 is 8.67. The van der Waals surface area contributed by atoms with Crippen molar-refractivity contribution < 1.29 is 9.53 Å². The molecule has 0 aromatic heterocycles. The van der Waals surface area contributed by atoms with Crippen LogP contribution in [0.25, 0.3) is 0 Å². The number of para-hydroxylation sites is 1. The van der Waals surface area contributed by atoms with Gasteiger partial charge in [0.1, 0.15) is 5.75 Å². The SMILES string of the molecule is CCc1ccccc1NC(=S)NC(=O)c1cc(Br)cc(C)c1OC. The van der Waals surface area contributed by atoms with Gasteiger partial charge >= 0.3 is 0 Å². The van der Waals surface area contributed by atoms with Crippen molar-refractivity contribution in [3.05, 3.63) is 57.6 Å². The third-order valence-corrected chi connectivity index (χ3v) is 4.22. The molecule has 24 heavy (non-hydrogen) atoms. The molecule has 0 fully saturated rings. The van der Waals surface area contributed by atoms with Crippen LogP contribution in [-0.2, 0) is 6.42 Å². The standard InChI is InChI=1S/C18H19BrN2O2S/c1-4-12-7-5-6-8-15(12)20-18(24)21-17(22)14-10-13(19)9-11(2)16(14)23-3/h5-10H,4H2,1-3H3,(H2,20,21,22,24). The van der Waals surface area contributed by atoms with E-state index in [4.69, 9.17) is 17.0 Å². The van der Waals surface area contributed by atoms with Gasteiger partial charge in [-0.25, -0.2) is 0 Å². The summed E-state index contributed by atoms with van der Waals surface area (Å²) in [7, 11) is 1.54. The van der Waals surface area contributed by atoms with Crippen LogP contribution in [0.5, 0.6) is 5.75 Å². The number of halogens is 1. The monoisotopic (exact) mass is 406 g/mol. The molecule has 2 rings (SSSR count). The molecule has 0 atom stereocenters. The number of rotatable bonds is 4. The summed E-state index contributed by atoms with van der Waals surface area (Å²) in [5, 5.41) is 6.03. The van der Waals surface area contributed by atoms with Crippen molar-refractivity contribution in [1.82, 2.24) is 5.32 Å². The van der Waals surface area contributed by atoms with E-state index in [1.807, 2.05) is 37.3 Å². The molecule has 2 aromatic carbocycles. The van der Waals surface area contributed by atoms with E-state index in [9.17, 15) is 4.79 Å². The van der Waals surface area contributed by atoms with Gasteiger partial charge in [0.05, 0.1) is 12.7 Å². The molecule has 0 heterocycles. The Kier molecular flexibility index (Phi) is 6.34. The number of hydrogen-bond acceptors (Lipinski definition) is 3. The highest BCUT2D eigenvalue weighted by Crippen LogP contribution is 2.27. The first-order valence-corrected chi connectivity index (χ1v) is 8.70. The number of anilines is 1. The first kappa shape index (κ1) is 18.4. The lowest BCUT2D eigenvalue weighted by molar-refractivity contribution is 0.0974. The van der Waals surface area contributed by atoms with Gasteiger partial charge in [-0.1, -0.05) is 41.1 Å². The molecule has 6 heteroatoms. The Morgan fingerprint density at radius 3 is 2.67 bits per heavy atom. The summed E-state index contributed by atoms with van der Waals surface area (Å²) in [5.41, 5.74) is 3.32. The summed E-state index contributed by atoms with van der Waals surface area (Å²) < 4.78 is 6.15. The van der Waals surface area contributed by atoms with Gasteiger partial charge in [-0.3, -0.25) is 10.1 Å². The van der Waals surface area contributed by atoms with E-state index >= 15 is 0 Å². The fourth-order valence-corrected chi connectivity index (χ4v) is 3.22. The lowest BCUT2D eigenvalue weighted by atomic mass is 10.1. The number of hydrogen-bond donors (Lipinski definition) is 2. The average molecular weight is 407 g/mol. The van der Waals surface area contributed by atoms with Crippen LogP contribution in [0.4, 0.5) is 5.69 Å². The van der Waals surface area contributed by atoms with E-state index in [-0.39, 0.29) is 11.0 Å². The number of ether oxygens (including phenoxy) is 1. The van der Waals surface area contributed by atoms with Crippen LogP contribution in [0, 0.1) is 6.92 Å². The topological polar surface area (TPSA) is 50.4 Å². The zero-order chi connectivity index (χ0) is 17.7.